The van der Waals surface area contributed by atoms with E-state index < -0.39 is 6.16 Å². The van der Waals surface area contributed by atoms with Crippen molar-refractivity contribution in [3.63, 3.8) is 0 Å². The zero-order chi connectivity index (χ0) is 27.9. The molecule has 4 aliphatic rings. The minimum atomic E-state index is -1.17. The summed E-state index contributed by atoms with van der Waals surface area (Å²) in [7, 11) is 0. The Bertz CT molecular complexity index is 774. The van der Waals surface area contributed by atoms with Crippen LogP contribution in [0.2, 0.25) is 0 Å². The molecule has 3 saturated carbocycles. The number of carbonyl (C=O) groups is 1. The second kappa shape index (κ2) is 14.0. The van der Waals surface area contributed by atoms with Crippen molar-refractivity contribution in [1.29, 1.82) is 0 Å². The van der Waals surface area contributed by atoms with Crippen LogP contribution >= 0.6 is 0 Å². The molecule has 4 rings (SSSR count). The van der Waals surface area contributed by atoms with Crippen molar-refractivity contribution in [2.24, 2.45) is 46.3 Å². The van der Waals surface area contributed by atoms with Crippen molar-refractivity contribution in [2.75, 3.05) is 6.61 Å². The summed E-state index contributed by atoms with van der Waals surface area (Å²) in [6.45, 7) is 15.0. The number of carboxylic acid groups (broad SMARTS) is 1. The SMILES string of the molecule is CC(C)CCCC(C)[C@H]1CC[C@H]2[C@@H]3CC=C4C[C@@H](O)CC[C@]4(C)[C@H]3CC[C@]12C.CCCCCCOC(=O)O. The standard InChI is InChI=1S/C27H46O.C7H14O3/c1-18(2)7-6-8-19(3)23-11-12-24-22-10-9-20-17-21(28)13-15-26(20,4)25(22)14-16-27(23,24)5;1-2-3-4-5-6-10-7(8)9/h9,18-19,21-25,28H,6-8,10-17H2,1-5H3;2-6H2,1H3,(H,8,9)/t19?,21-,22-,23+,24-,25-,26-,27+;/m0./s1. The summed E-state index contributed by atoms with van der Waals surface area (Å²) in [5.74, 6) is 5.46. The fourth-order valence-corrected chi connectivity index (χ4v) is 9.35. The fourth-order valence-electron chi connectivity index (χ4n) is 9.35. The Hall–Kier alpha value is -1.03. The third-order valence-corrected chi connectivity index (χ3v) is 11.5. The minimum absolute atomic E-state index is 0.0766. The summed E-state index contributed by atoms with van der Waals surface area (Å²) in [6.07, 6.45) is 20.2. The highest BCUT2D eigenvalue weighted by atomic mass is 16.7. The highest BCUT2D eigenvalue weighted by Crippen LogP contribution is 2.67. The van der Waals surface area contributed by atoms with Gasteiger partial charge in [0.25, 0.3) is 0 Å². The summed E-state index contributed by atoms with van der Waals surface area (Å²) in [6, 6.07) is 0. The molecule has 0 spiro atoms. The Morgan fingerprint density at radius 1 is 1.00 bits per heavy atom. The molecule has 8 atom stereocenters. The maximum absolute atomic E-state index is 10.2. The molecule has 1 unspecified atom stereocenters. The van der Waals surface area contributed by atoms with Gasteiger partial charge in [-0.2, -0.15) is 0 Å². The predicted octanol–water partition coefficient (Wildman–Crippen LogP) is 9.65. The summed E-state index contributed by atoms with van der Waals surface area (Å²) >= 11 is 0. The van der Waals surface area contributed by atoms with Gasteiger partial charge in [0.05, 0.1) is 12.7 Å². The van der Waals surface area contributed by atoms with Gasteiger partial charge in [0, 0.05) is 0 Å². The number of fused-ring (bicyclic) bond motifs is 5. The van der Waals surface area contributed by atoms with Gasteiger partial charge in [-0.3, -0.25) is 0 Å². The molecule has 2 N–H and O–H groups in total. The summed E-state index contributed by atoms with van der Waals surface area (Å²) in [5, 5.41) is 18.3. The van der Waals surface area contributed by atoms with Crippen molar-refractivity contribution in [3.05, 3.63) is 11.6 Å². The molecule has 0 aromatic carbocycles. The lowest BCUT2D eigenvalue weighted by Gasteiger charge is -2.58. The van der Waals surface area contributed by atoms with Crippen LogP contribution in [0, 0.1) is 46.3 Å². The number of hydrogen-bond acceptors (Lipinski definition) is 3. The number of rotatable bonds is 10. The molecule has 0 heterocycles. The lowest BCUT2D eigenvalue weighted by atomic mass is 9.47. The fraction of sp³-hybridized carbons (Fsp3) is 0.912. The molecule has 0 saturated heterocycles. The Morgan fingerprint density at radius 2 is 1.76 bits per heavy atom. The van der Waals surface area contributed by atoms with Gasteiger partial charge in [-0.25, -0.2) is 4.79 Å². The van der Waals surface area contributed by atoms with E-state index in [1.165, 1.54) is 57.8 Å². The minimum Gasteiger partial charge on any atom is -0.450 e. The molecule has 220 valence electrons. The van der Waals surface area contributed by atoms with Gasteiger partial charge in [0.2, 0.25) is 0 Å². The molecule has 4 nitrogen and oxygen atoms in total. The Balaban J connectivity index is 0.000000342. The first-order valence-corrected chi connectivity index (χ1v) is 16.3. The van der Waals surface area contributed by atoms with Crippen LogP contribution < -0.4 is 0 Å². The number of aliphatic hydroxyl groups is 1. The van der Waals surface area contributed by atoms with Gasteiger partial charge in [-0.05, 0) is 104 Å². The molecule has 38 heavy (non-hydrogen) atoms. The molecule has 3 fully saturated rings. The highest BCUT2D eigenvalue weighted by molar-refractivity contribution is 5.56. The summed E-state index contributed by atoms with van der Waals surface area (Å²) in [4.78, 5) is 9.81. The number of hydrogen-bond donors (Lipinski definition) is 2. The van der Waals surface area contributed by atoms with Gasteiger partial charge in [-0.1, -0.05) is 91.7 Å². The van der Waals surface area contributed by atoms with Crippen LogP contribution in [0.15, 0.2) is 11.6 Å². The molecule has 4 heteroatoms. The van der Waals surface area contributed by atoms with E-state index in [1.54, 1.807) is 5.57 Å². The third kappa shape index (κ3) is 7.38. The average molecular weight is 533 g/mol. The lowest BCUT2D eigenvalue weighted by Crippen LogP contribution is -2.50. The van der Waals surface area contributed by atoms with Crippen molar-refractivity contribution in [1.82, 2.24) is 0 Å². The molecule has 0 amide bonds. The zero-order valence-electron chi connectivity index (χ0n) is 25.6. The summed E-state index contributed by atoms with van der Waals surface area (Å²) in [5.41, 5.74) is 2.60. The molecule has 0 radical (unpaired) electrons. The molecular formula is C34H60O4. The van der Waals surface area contributed by atoms with Gasteiger partial charge in [-0.15, -0.1) is 0 Å². The van der Waals surface area contributed by atoms with Crippen molar-refractivity contribution in [3.8, 4) is 0 Å². The van der Waals surface area contributed by atoms with E-state index in [0.29, 0.717) is 17.4 Å². The normalized spacial score (nSPS) is 36.7. The van der Waals surface area contributed by atoms with Crippen LogP contribution in [0.4, 0.5) is 4.79 Å². The van der Waals surface area contributed by atoms with E-state index >= 15 is 0 Å². The smallest absolute Gasteiger partial charge is 0.450 e. The van der Waals surface area contributed by atoms with E-state index in [1.807, 2.05) is 0 Å². The quantitative estimate of drug-likeness (QED) is 0.167. The highest BCUT2D eigenvalue weighted by Gasteiger charge is 2.59. The number of allylic oxidation sites excluding steroid dienone is 1. The molecule has 4 aliphatic carbocycles. The first-order chi connectivity index (χ1) is 18.0. The predicted molar refractivity (Wildman–Crippen MR) is 157 cm³/mol. The van der Waals surface area contributed by atoms with Gasteiger partial charge < -0.3 is 14.9 Å². The topological polar surface area (TPSA) is 66.8 Å². The third-order valence-electron chi connectivity index (χ3n) is 11.5. The van der Waals surface area contributed by atoms with Gasteiger partial charge in [0.1, 0.15) is 0 Å². The Morgan fingerprint density at radius 3 is 2.45 bits per heavy atom. The van der Waals surface area contributed by atoms with Crippen LogP contribution in [0.25, 0.3) is 0 Å². The first kappa shape index (κ1) is 31.5. The largest absolute Gasteiger partial charge is 0.505 e. The van der Waals surface area contributed by atoms with Crippen LogP contribution in [0.3, 0.4) is 0 Å². The number of aliphatic hydroxyl groups excluding tert-OH is 1. The van der Waals surface area contributed by atoms with Crippen LogP contribution in [-0.4, -0.2) is 29.1 Å². The Labute approximate surface area is 234 Å². The van der Waals surface area contributed by atoms with E-state index in [0.717, 1.165) is 74.0 Å². The van der Waals surface area contributed by atoms with Crippen molar-refractivity contribution < 1.29 is 19.7 Å². The van der Waals surface area contributed by atoms with E-state index in [4.69, 9.17) is 5.11 Å². The second-order valence-electron chi connectivity index (χ2n) is 14.4. The van der Waals surface area contributed by atoms with E-state index in [2.05, 4.69) is 52.4 Å². The average Bonchev–Trinajstić information content (AvgIpc) is 3.21. The molecule has 0 aromatic rings. The molecular weight excluding hydrogens is 472 g/mol. The monoisotopic (exact) mass is 532 g/mol. The van der Waals surface area contributed by atoms with Gasteiger partial charge in [0.15, 0.2) is 0 Å². The van der Waals surface area contributed by atoms with E-state index in [-0.39, 0.29) is 6.10 Å². The van der Waals surface area contributed by atoms with E-state index in [9.17, 15) is 9.90 Å². The number of ether oxygens (including phenoxy) is 1. The van der Waals surface area contributed by atoms with Crippen LogP contribution in [0.5, 0.6) is 0 Å². The maximum atomic E-state index is 10.2. The zero-order valence-corrected chi connectivity index (χ0v) is 25.6. The van der Waals surface area contributed by atoms with Crippen LogP contribution in [-0.2, 0) is 4.74 Å². The maximum Gasteiger partial charge on any atom is 0.505 e. The lowest BCUT2D eigenvalue weighted by molar-refractivity contribution is -0.0573. The molecule has 0 aromatic heterocycles. The second-order valence-corrected chi connectivity index (χ2v) is 14.4. The first-order valence-electron chi connectivity index (χ1n) is 16.3. The summed E-state index contributed by atoms with van der Waals surface area (Å²) < 4.78 is 4.31. The molecule has 0 aliphatic heterocycles. The molecule has 0 bridgehead atoms. The number of unbranched alkanes of at least 4 members (excludes halogenated alkanes) is 3. The Kier molecular flexibility index (Phi) is 11.6. The van der Waals surface area contributed by atoms with Crippen LogP contribution in [0.1, 0.15) is 138 Å². The van der Waals surface area contributed by atoms with Crippen molar-refractivity contribution in [2.45, 2.75) is 144 Å². The van der Waals surface area contributed by atoms with Gasteiger partial charge >= 0.3 is 6.16 Å². The van der Waals surface area contributed by atoms with Crippen molar-refractivity contribution >= 4 is 6.16 Å².